The van der Waals surface area contributed by atoms with Gasteiger partial charge in [-0.25, -0.2) is 0 Å². The van der Waals surface area contributed by atoms with E-state index in [9.17, 15) is 4.79 Å². The number of para-hydroxylation sites is 1. The maximum atomic E-state index is 12.2. The number of benzene rings is 2. The Morgan fingerprint density at radius 3 is 2.74 bits per heavy atom. The predicted octanol–water partition coefficient (Wildman–Crippen LogP) is 2.50. The molecule has 0 bridgehead atoms. The zero-order valence-corrected chi connectivity index (χ0v) is 12.9. The lowest BCUT2D eigenvalue weighted by molar-refractivity contribution is -0.131. The van der Waals surface area contributed by atoms with E-state index >= 15 is 0 Å². The fraction of sp³-hybridized carbons (Fsp3) is 0.222. The summed E-state index contributed by atoms with van der Waals surface area (Å²) in [5, 5.41) is 6.90. The number of nitrogens with zero attached hydrogens (tertiary/aromatic N) is 1. The fourth-order valence-corrected chi connectivity index (χ4v) is 2.46. The molecule has 118 valence electrons. The summed E-state index contributed by atoms with van der Waals surface area (Å²) in [5.41, 5.74) is 2.70. The summed E-state index contributed by atoms with van der Waals surface area (Å²) in [4.78, 5) is 17.5. The fourth-order valence-electron chi connectivity index (χ4n) is 2.46. The normalized spacial score (nSPS) is 16.4. The van der Waals surface area contributed by atoms with Crippen LogP contribution in [0.5, 0.6) is 5.75 Å². The molecule has 1 N–H and O–H groups in total. The number of methoxy groups -OCH3 is 1. The number of hydrogen-bond acceptors (Lipinski definition) is 4. The van der Waals surface area contributed by atoms with Crippen LogP contribution in [0.1, 0.15) is 17.5 Å². The van der Waals surface area contributed by atoms with Crippen molar-refractivity contribution in [3.63, 3.8) is 0 Å². The number of rotatable bonds is 5. The monoisotopic (exact) mass is 310 g/mol. The van der Waals surface area contributed by atoms with Crippen molar-refractivity contribution >= 4 is 11.6 Å². The molecule has 5 heteroatoms. The number of ether oxygens (including phenoxy) is 1. The summed E-state index contributed by atoms with van der Waals surface area (Å²) in [7, 11) is 1.61. The second-order valence-corrected chi connectivity index (χ2v) is 5.23. The van der Waals surface area contributed by atoms with Crippen molar-refractivity contribution in [2.45, 2.75) is 19.1 Å². The van der Waals surface area contributed by atoms with Crippen molar-refractivity contribution in [1.29, 1.82) is 0 Å². The van der Waals surface area contributed by atoms with Gasteiger partial charge in [0.25, 0.3) is 5.91 Å². The molecule has 0 fully saturated rings. The van der Waals surface area contributed by atoms with Gasteiger partial charge in [-0.2, -0.15) is 0 Å². The molecule has 0 aromatic heterocycles. The van der Waals surface area contributed by atoms with Crippen molar-refractivity contribution in [1.82, 2.24) is 5.32 Å². The molecule has 2 aromatic carbocycles. The SMILES string of the molecule is COc1ccccc1CNC(=O)C1CC(c2ccccc2)=NO1. The van der Waals surface area contributed by atoms with Gasteiger partial charge in [0.2, 0.25) is 6.10 Å². The van der Waals surface area contributed by atoms with E-state index in [1.807, 2.05) is 54.6 Å². The third kappa shape index (κ3) is 3.51. The van der Waals surface area contributed by atoms with Crippen LogP contribution in [0.3, 0.4) is 0 Å². The molecule has 1 atom stereocenters. The van der Waals surface area contributed by atoms with Gasteiger partial charge in [-0.3, -0.25) is 4.79 Å². The molecule has 0 aliphatic carbocycles. The number of nitrogens with one attached hydrogen (secondary N) is 1. The van der Waals surface area contributed by atoms with E-state index in [-0.39, 0.29) is 5.91 Å². The maximum Gasteiger partial charge on any atom is 0.264 e. The van der Waals surface area contributed by atoms with Gasteiger partial charge in [-0.1, -0.05) is 53.7 Å². The number of oxime groups is 1. The minimum atomic E-state index is -0.583. The quantitative estimate of drug-likeness (QED) is 0.923. The Balaban J connectivity index is 1.56. The second kappa shape index (κ2) is 6.96. The lowest BCUT2D eigenvalue weighted by atomic mass is 10.0. The molecule has 1 unspecified atom stereocenters. The van der Waals surface area contributed by atoms with Gasteiger partial charge in [0.15, 0.2) is 0 Å². The first-order valence-corrected chi connectivity index (χ1v) is 7.45. The van der Waals surface area contributed by atoms with Crippen LogP contribution in [-0.2, 0) is 16.2 Å². The van der Waals surface area contributed by atoms with Gasteiger partial charge in [0.1, 0.15) is 5.75 Å². The summed E-state index contributed by atoms with van der Waals surface area (Å²) in [6.07, 6.45) is -0.109. The van der Waals surface area contributed by atoms with Crippen LogP contribution in [0, 0.1) is 0 Å². The van der Waals surface area contributed by atoms with E-state index in [1.165, 1.54) is 0 Å². The average molecular weight is 310 g/mol. The number of carbonyl (C=O) groups is 1. The van der Waals surface area contributed by atoms with E-state index in [0.29, 0.717) is 13.0 Å². The first-order valence-electron chi connectivity index (χ1n) is 7.45. The third-order valence-electron chi connectivity index (χ3n) is 3.71. The maximum absolute atomic E-state index is 12.2. The van der Waals surface area contributed by atoms with Gasteiger partial charge in [-0.05, 0) is 11.6 Å². The van der Waals surface area contributed by atoms with Crippen molar-refractivity contribution < 1.29 is 14.4 Å². The first kappa shape index (κ1) is 15.1. The molecule has 0 spiro atoms. The van der Waals surface area contributed by atoms with Crippen LogP contribution in [0.2, 0.25) is 0 Å². The summed E-state index contributed by atoms with van der Waals surface area (Å²) < 4.78 is 5.27. The lowest BCUT2D eigenvalue weighted by Gasteiger charge is -2.11. The van der Waals surface area contributed by atoms with Crippen molar-refractivity contribution in [3.05, 3.63) is 65.7 Å². The van der Waals surface area contributed by atoms with E-state index in [1.54, 1.807) is 7.11 Å². The topological polar surface area (TPSA) is 59.9 Å². The van der Waals surface area contributed by atoms with Gasteiger partial charge in [0.05, 0.1) is 12.8 Å². The van der Waals surface area contributed by atoms with E-state index in [4.69, 9.17) is 9.57 Å². The zero-order valence-electron chi connectivity index (χ0n) is 12.9. The van der Waals surface area contributed by atoms with Gasteiger partial charge >= 0.3 is 0 Å². The Labute approximate surface area is 134 Å². The highest BCUT2D eigenvalue weighted by molar-refractivity contribution is 6.04. The van der Waals surface area contributed by atoms with Gasteiger partial charge in [0, 0.05) is 18.5 Å². The van der Waals surface area contributed by atoms with Crippen LogP contribution in [0.25, 0.3) is 0 Å². The Hall–Kier alpha value is -2.82. The molecular formula is C18H18N2O3. The van der Waals surface area contributed by atoms with E-state index < -0.39 is 6.10 Å². The average Bonchev–Trinajstić information content (AvgIpc) is 3.11. The first-order chi connectivity index (χ1) is 11.3. The van der Waals surface area contributed by atoms with Crippen molar-refractivity contribution in [3.8, 4) is 5.75 Å². The van der Waals surface area contributed by atoms with Crippen LogP contribution in [0.15, 0.2) is 59.8 Å². The van der Waals surface area contributed by atoms with Crippen LogP contribution in [0.4, 0.5) is 0 Å². The molecule has 1 heterocycles. The van der Waals surface area contributed by atoms with Gasteiger partial charge in [-0.15, -0.1) is 0 Å². The molecule has 0 radical (unpaired) electrons. The summed E-state index contributed by atoms with van der Waals surface area (Å²) in [6.45, 7) is 0.392. The van der Waals surface area contributed by atoms with Crippen molar-refractivity contribution in [2.24, 2.45) is 5.16 Å². The Morgan fingerprint density at radius 1 is 1.22 bits per heavy atom. The lowest BCUT2D eigenvalue weighted by Crippen LogP contribution is -2.34. The number of carbonyl (C=O) groups excluding carboxylic acids is 1. The molecular weight excluding hydrogens is 292 g/mol. The highest BCUT2D eigenvalue weighted by atomic mass is 16.6. The number of hydrogen-bond donors (Lipinski definition) is 1. The highest BCUT2D eigenvalue weighted by Gasteiger charge is 2.28. The minimum absolute atomic E-state index is 0.175. The standard InChI is InChI=1S/C18H18N2O3/c1-22-16-10-6-5-9-14(16)12-19-18(21)17-11-15(20-23-17)13-7-3-2-4-8-13/h2-10,17H,11-12H2,1H3,(H,19,21). The van der Waals surface area contributed by atoms with E-state index in [2.05, 4.69) is 10.5 Å². The van der Waals surface area contributed by atoms with Gasteiger partial charge < -0.3 is 14.9 Å². The Morgan fingerprint density at radius 2 is 1.96 bits per heavy atom. The summed E-state index contributed by atoms with van der Waals surface area (Å²) in [5.74, 6) is 0.576. The van der Waals surface area contributed by atoms with Crippen LogP contribution < -0.4 is 10.1 Å². The molecule has 3 rings (SSSR count). The minimum Gasteiger partial charge on any atom is -0.496 e. The van der Waals surface area contributed by atoms with Crippen LogP contribution >= 0.6 is 0 Å². The molecule has 5 nitrogen and oxygen atoms in total. The Bertz CT molecular complexity index is 713. The highest BCUT2D eigenvalue weighted by Crippen LogP contribution is 2.19. The molecule has 0 saturated carbocycles. The van der Waals surface area contributed by atoms with E-state index in [0.717, 1.165) is 22.6 Å². The smallest absolute Gasteiger partial charge is 0.264 e. The largest absolute Gasteiger partial charge is 0.496 e. The zero-order chi connectivity index (χ0) is 16.1. The molecule has 1 amide bonds. The summed E-state index contributed by atoms with van der Waals surface area (Å²) >= 11 is 0. The van der Waals surface area contributed by atoms with Crippen molar-refractivity contribution in [2.75, 3.05) is 7.11 Å². The Kier molecular flexibility index (Phi) is 4.57. The van der Waals surface area contributed by atoms with Crippen LogP contribution in [-0.4, -0.2) is 24.8 Å². The molecule has 23 heavy (non-hydrogen) atoms. The molecule has 2 aromatic rings. The second-order valence-electron chi connectivity index (χ2n) is 5.23. The molecule has 1 aliphatic heterocycles. The third-order valence-corrected chi connectivity index (χ3v) is 3.71. The predicted molar refractivity (Wildman–Crippen MR) is 87.3 cm³/mol. The number of amides is 1. The summed E-state index contributed by atoms with van der Waals surface area (Å²) in [6, 6.07) is 17.3. The molecule has 1 aliphatic rings. The molecule has 0 saturated heterocycles.